The molecule has 0 bridgehead atoms. The van der Waals surface area contributed by atoms with E-state index < -0.39 is 59.0 Å². The van der Waals surface area contributed by atoms with E-state index >= 15 is 0 Å². The molecular weight excluding hydrogens is 858 g/mol. The Kier molecular flexibility index (Phi) is 13.9. The van der Waals surface area contributed by atoms with Crippen molar-refractivity contribution < 1.29 is 38.2 Å². The Balaban J connectivity index is 1.32. The number of ether oxygens (including phenoxy) is 2. The number of halogens is 1. The summed E-state index contributed by atoms with van der Waals surface area (Å²) in [4.78, 5) is 84.9. The molecule has 6 rings (SSSR count). The first-order valence-corrected chi connectivity index (χ1v) is 22.0. The van der Waals surface area contributed by atoms with Crippen LogP contribution in [0.1, 0.15) is 101 Å². The van der Waals surface area contributed by atoms with Gasteiger partial charge in [0, 0.05) is 23.2 Å². The molecular formula is C46H58BrN7O8. The van der Waals surface area contributed by atoms with Crippen LogP contribution in [0.4, 0.5) is 15.3 Å². The van der Waals surface area contributed by atoms with Crippen molar-refractivity contribution in [2.24, 2.45) is 23.3 Å². The van der Waals surface area contributed by atoms with Crippen LogP contribution >= 0.6 is 15.9 Å². The Morgan fingerprint density at radius 2 is 1.00 bits per heavy atom. The van der Waals surface area contributed by atoms with E-state index in [1.807, 2.05) is 88.4 Å². The molecule has 6 atom stereocenters. The zero-order chi connectivity index (χ0) is 45.1. The minimum absolute atomic E-state index is 0.0782. The average molecular weight is 917 g/mol. The Bertz CT molecular complexity index is 2020. The third-order valence-electron chi connectivity index (χ3n) is 12.9. The van der Waals surface area contributed by atoms with Crippen LogP contribution in [-0.2, 0) is 39.7 Å². The Morgan fingerprint density at radius 3 is 1.32 bits per heavy atom. The van der Waals surface area contributed by atoms with Crippen LogP contribution in [0.25, 0.3) is 0 Å². The van der Waals surface area contributed by atoms with Crippen LogP contribution in [-0.4, -0.2) is 85.0 Å². The van der Waals surface area contributed by atoms with Crippen LogP contribution in [0.3, 0.4) is 0 Å². The van der Waals surface area contributed by atoms with Gasteiger partial charge in [-0.15, -0.1) is 0 Å². The molecule has 3 saturated heterocycles. The standard InChI is InChI=1S/C46H58BrN7O8/c1-27(2)37(50-43(59)61-5)39(55)52-25-7-23-45(52,41(48)57)31-13-9-29(10-14-31)35-21-22-36(54(35)34-19-17-33(47)18-20-34)30-11-15-32(16-12-30)46(42(49)58)24-8-26-53(46)40(56)38(28(3)4)51-44(60)62-6/h9-20,27-28,35-38H,7-8,21-26H2,1-6H3,(H2,48,57)(H2,49,58)(H,50,59)(H,51,60)/t35?,36?,37-,38-,45-,46-/m0/s1. The highest BCUT2D eigenvalue weighted by molar-refractivity contribution is 9.10. The van der Waals surface area contributed by atoms with Gasteiger partial charge in [0.2, 0.25) is 23.6 Å². The molecule has 2 unspecified atom stereocenters. The van der Waals surface area contributed by atoms with Crippen molar-refractivity contribution in [1.82, 2.24) is 20.4 Å². The summed E-state index contributed by atoms with van der Waals surface area (Å²) >= 11 is 3.58. The Labute approximate surface area is 371 Å². The molecule has 3 aromatic carbocycles. The minimum atomic E-state index is -1.40. The number of alkyl carbamates (subject to hydrolysis) is 2. The molecule has 0 spiro atoms. The lowest BCUT2D eigenvalue weighted by Gasteiger charge is -2.39. The lowest BCUT2D eigenvalue weighted by molar-refractivity contribution is -0.146. The molecule has 15 nitrogen and oxygen atoms in total. The number of hydrogen-bond acceptors (Lipinski definition) is 9. The maximum absolute atomic E-state index is 14.1. The second kappa shape index (κ2) is 18.8. The zero-order valence-electron chi connectivity index (χ0n) is 36.2. The van der Waals surface area contributed by atoms with Crippen LogP contribution in [0.2, 0.25) is 0 Å². The largest absolute Gasteiger partial charge is 0.453 e. The average Bonchev–Trinajstić information content (AvgIpc) is 4.03. The maximum atomic E-state index is 14.1. The van der Waals surface area contributed by atoms with Gasteiger partial charge in [0.05, 0.1) is 26.3 Å². The summed E-state index contributed by atoms with van der Waals surface area (Å²) in [6.07, 6.45) is 1.90. The van der Waals surface area contributed by atoms with E-state index in [1.165, 1.54) is 24.0 Å². The molecule has 3 aliphatic heterocycles. The predicted octanol–water partition coefficient (Wildman–Crippen LogP) is 5.90. The molecule has 0 aliphatic carbocycles. The fourth-order valence-corrected chi connectivity index (χ4v) is 10.0. The van der Waals surface area contributed by atoms with Crippen molar-refractivity contribution in [1.29, 1.82) is 0 Å². The fraction of sp³-hybridized carbons (Fsp3) is 0.478. The highest BCUT2D eigenvalue weighted by atomic mass is 79.9. The molecule has 16 heteroatoms. The summed E-state index contributed by atoms with van der Waals surface area (Å²) in [7, 11) is 2.47. The van der Waals surface area contributed by atoms with E-state index in [0.717, 1.165) is 34.1 Å². The van der Waals surface area contributed by atoms with Crippen LogP contribution in [0, 0.1) is 11.8 Å². The summed E-state index contributed by atoms with van der Waals surface area (Å²) in [6, 6.07) is 21.6. The van der Waals surface area contributed by atoms with Gasteiger partial charge in [-0.1, -0.05) is 92.2 Å². The van der Waals surface area contributed by atoms with Gasteiger partial charge in [-0.3, -0.25) is 19.2 Å². The number of methoxy groups -OCH3 is 2. The number of likely N-dealkylation sites (tertiary alicyclic amines) is 2. The molecule has 3 fully saturated rings. The molecule has 332 valence electrons. The highest BCUT2D eigenvalue weighted by Crippen LogP contribution is 2.49. The maximum Gasteiger partial charge on any atom is 0.407 e. The number of primary amides is 2. The highest BCUT2D eigenvalue weighted by Gasteiger charge is 2.53. The van der Waals surface area contributed by atoms with Crippen molar-refractivity contribution in [3.05, 3.63) is 99.5 Å². The number of carbonyl (C=O) groups is 6. The van der Waals surface area contributed by atoms with Crippen molar-refractivity contribution in [3.8, 4) is 0 Å². The second-order valence-corrected chi connectivity index (χ2v) is 18.0. The van der Waals surface area contributed by atoms with Gasteiger partial charge < -0.3 is 46.3 Å². The van der Waals surface area contributed by atoms with Gasteiger partial charge in [-0.05, 0) is 96.9 Å². The molecule has 3 aliphatic rings. The van der Waals surface area contributed by atoms with Gasteiger partial charge in [0.25, 0.3) is 0 Å². The van der Waals surface area contributed by atoms with Crippen LogP contribution < -0.4 is 27.0 Å². The van der Waals surface area contributed by atoms with Gasteiger partial charge in [0.15, 0.2) is 0 Å². The van der Waals surface area contributed by atoms with Crippen molar-refractivity contribution in [2.45, 2.75) is 101 Å². The number of nitrogens with two attached hydrogens (primary N) is 2. The number of rotatable bonds is 13. The first-order valence-electron chi connectivity index (χ1n) is 21.2. The quantitative estimate of drug-likeness (QED) is 0.161. The SMILES string of the molecule is COC(=O)N[C@H](C(=O)N1CCC[C@@]1(C(N)=O)c1ccc(C2CCC(c3ccc([C@]4(C(N)=O)CCCN4C(=O)[C@@H](NC(=O)OC)C(C)C)cc3)N2c2ccc(Br)cc2)cc1)C(C)C. The smallest absolute Gasteiger partial charge is 0.407 e. The molecule has 6 amide bonds. The van der Waals surface area contributed by atoms with Crippen molar-refractivity contribution >= 4 is 57.4 Å². The first kappa shape index (κ1) is 45.9. The summed E-state index contributed by atoms with van der Waals surface area (Å²) in [5.41, 5.74) is 13.8. The molecule has 3 heterocycles. The number of nitrogens with zero attached hydrogens (tertiary/aromatic N) is 3. The Hall–Kier alpha value is -5.64. The number of anilines is 1. The normalized spacial score (nSPS) is 23.3. The number of carbonyl (C=O) groups excluding carboxylic acids is 6. The summed E-state index contributed by atoms with van der Waals surface area (Å²) in [5.74, 6) is -2.65. The number of amides is 6. The van der Waals surface area contributed by atoms with E-state index in [4.69, 9.17) is 20.9 Å². The second-order valence-electron chi connectivity index (χ2n) is 17.1. The lowest BCUT2D eigenvalue weighted by atomic mass is 9.84. The van der Waals surface area contributed by atoms with E-state index in [2.05, 4.69) is 43.6 Å². The molecule has 0 aromatic heterocycles. The molecule has 62 heavy (non-hydrogen) atoms. The van der Waals surface area contributed by atoms with Gasteiger partial charge >= 0.3 is 12.2 Å². The number of hydrogen-bond donors (Lipinski definition) is 4. The molecule has 6 N–H and O–H groups in total. The number of nitrogens with one attached hydrogen (secondary N) is 2. The van der Waals surface area contributed by atoms with Crippen LogP contribution in [0.15, 0.2) is 77.3 Å². The third-order valence-corrected chi connectivity index (χ3v) is 13.5. The summed E-state index contributed by atoms with van der Waals surface area (Å²) in [5, 5.41) is 5.28. The third kappa shape index (κ3) is 8.45. The van der Waals surface area contributed by atoms with Crippen molar-refractivity contribution in [2.75, 3.05) is 32.2 Å². The Morgan fingerprint density at radius 1 is 0.629 bits per heavy atom. The summed E-state index contributed by atoms with van der Waals surface area (Å²) in [6.45, 7) is 7.87. The zero-order valence-corrected chi connectivity index (χ0v) is 37.8. The summed E-state index contributed by atoms with van der Waals surface area (Å²) < 4.78 is 10.5. The first-order chi connectivity index (χ1) is 29.5. The molecule has 0 saturated carbocycles. The van der Waals surface area contributed by atoms with Gasteiger partial charge in [0.1, 0.15) is 23.2 Å². The minimum Gasteiger partial charge on any atom is -0.453 e. The number of benzene rings is 3. The van der Waals surface area contributed by atoms with Gasteiger partial charge in [-0.25, -0.2) is 9.59 Å². The van der Waals surface area contributed by atoms with E-state index in [9.17, 15) is 28.8 Å². The molecule has 0 radical (unpaired) electrons. The van der Waals surface area contributed by atoms with E-state index in [-0.39, 0.29) is 23.9 Å². The predicted molar refractivity (Wildman–Crippen MR) is 236 cm³/mol. The lowest BCUT2D eigenvalue weighted by Crippen LogP contribution is -2.59. The van der Waals surface area contributed by atoms with Crippen LogP contribution in [0.5, 0.6) is 0 Å². The van der Waals surface area contributed by atoms with Gasteiger partial charge in [-0.2, -0.15) is 0 Å². The van der Waals surface area contributed by atoms with E-state index in [0.29, 0.717) is 49.9 Å². The van der Waals surface area contributed by atoms with E-state index in [1.54, 1.807) is 0 Å². The molecule has 3 aromatic rings. The fourth-order valence-electron chi connectivity index (χ4n) is 9.77. The monoisotopic (exact) mass is 915 g/mol. The topological polar surface area (TPSA) is 207 Å². The van der Waals surface area contributed by atoms with Crippen molar-refractivity contribution in [3.63, 3.8) is 0 Å².